The Morgan fingerprint density at radius 3 is 3.00 bits per heavy atom. The zero-order valence-corrected chi connectivity index (χ0v) is 8.42. The number of hydrogen-bond donors (Lipinski definition) is 2. The summed E-state index contributed by atoms with van der Waals surface area (Å²) in [4.78, 5) is 11.3. The molecule has 1 aliphatic heterocycles. The maximum atomic E-state index is 11.3. The van der Waals surface area contributed by atoms with Crippen LogP contribution in [0.2, 0.25) is 0 Å². The quantitative estimate of drug-likeness (QED) is 0.722. The van der Waals surface area contributed by atoms with Gasteiger partial charge in [-0.15, -0.1) is 6.58 Å². The van der Waals surface area contributed by atoms with Crippen LogP contribution in [0.5, 0.6) is 5.75 Å². The van der Waals surface area contributed by atoms with Crippen LogP contribution in [0, 0.1) is 0 Å². The maximum Gasteiger partial charge on any atom is 0.224 e. The fourth-order valence-corrected chi connectivity index (χ4v) is 1.85. The minimum Gasteiger partial charge on any atom is -0.508 e. The molecule has 0 radical (unpaired) electrons. The van der Waals surface area contributed by atoms with E-state index in [9.17, 15) is 9.90 Å². The number of carbonyl (C=O) groups is 1. The average Bonchev–Trinajstić information content (AvgIpc) is 2.23. The summed E-state index contributed by atoms with van der Waals surface area (Å²) in [6.45, 7) is 3.64. The third-order valence-corrected chi connectivity index (χ3v) is 2.61. The molecule has 0 atom stereocenters. The molecule has 1 aliphatic rings. The molecule has 1 heterocycles. The molecule has 2 rings (SSSR count). The van der Waals surface area contributed by atoms with Crippen LogP contribution in [0.15, 0.2) is 24.8 Å². The molecule has 3 heteroatoms. The second-order valence-corrected chi connectivity index (χ2v) is 3.64. The average molecular weight is 203 g/mol. The van der Waals surface area contributed by atoms with Crippen molar-refractivity contribution in [1.82, 2.24) is 0 Å². The molecule has 0 spiro atoms. The van der Waals surface area contributed by atoms with E-state index in [-0.39, 0.29) is 11.7 Å². The zero-order valence-electron chi connectivity index (χ0n) is 8.42. The largest absolute Gasteiger partial charge is 0.508 e. The van der Waals surface area contributed by atoms with Crippen LogP contribution in [0.4, 0.5) is 5.69 Å². The standard InChI is InChI=1S/C12H13NO2/c1-2-3-9-10(14)6-4-8-5-7-11(15)13-12(8)9/h2,4,6,14H,1,3,5,7H2,(H,13,15). The van der Waals surface area contributed by atoms with Crippen molar-refractivity contribution in [2.24, 2.45) is 0 Å². The van der Waals surface area contributed by atoms with Crippen LogP contribution in [-0.4, -0.2) is 11.0 Å². The number of nitrogens with one attached hydrogen (secondary N) is 1. The number of allylic oxidation sites excluding steroid dienone is 1. The summed E-state index contributed by atoms with van der Waals surface area (Å²) in [7, 11) is 0. The number of amides is 1. The molecule has 0 fully saturated rings. The van der Waals surface area contributed by atoms with Gasteiger partial charge < -0.3 is 10.4 Å². The first-order valence-electron chi connectivity index (χ1n) is 4.97. The van der Waals surface area contributed by atoms with E-state index in [2.05, 4.69) is 11.9 Å². The molecule has 1 amide bonds. The highest BCUT2D eigenvalue weighted by Gasteiger charge is 2.19. The Labute approximate surface area is 88.4 Å². The lowest BCUT2D eigenvalue weighted by molar-refractivity contribution is -0.116. The maximum absolute atomic E-state index is 11.3. The molecule has 0 bridgehead atoms. The Bertz CT molecular complexity index is 424. The number of phenolic OH excluding ortho intramolecular Hbond substituents is 1. The normalized spacial score (nSPS) is 14.3. The summed E-state index contributed by atoms with van der Waals surface area (Å²) in [6, 6.07) is 3.53. The SMILES string of the molecule is C=CCc1c(O)ccc2c1NC(=O)CC2. The summed E-state index contributed by atoms with van der Waals surface area (Å²) in [5.41, 5.74) is 2.62. The van der Waals surface area contributed by atoms with Crippen molar-refractivity contribution in [3.8, 4) is 5.75 Å². The van der Waals surface area contributed by atoms with E-state index in [0.29, 0.717) is 12.8 Å². The van der Waals surface area contributed by atoms with E-state index in [1.54, 1.807) is 12.1 Å². The first-order chi connectivity index (χ1) is 7.22. The number of benzene rings is 1. The van der Waals surface area contributed by atoms with Crippen LogP contribution >= 0.6 is 0 Å². The second kappa shape index (κ2) is 3.77. The van der Waals surface area contributed by atoms with E-state index in [4.69, 9.17) is 0 Å². The lowest BCUT2D eigenvalue weighted by Crippen LogP contribution is -2.20. The molecular formula is C12H13NO2. The first kappa shape index (κ1) is 9.77. The Morgan fingerprint density at radius 2 is 2.27 bits per heavy atom. The number of hydrogen-bond acceptors (Lipinski definition) is 2. The van der Waals surface area contributed by atoms with Gasteiger partial charge in [-0.1, -0.05) is 12.1 Å². The van der Waals surface area contributed by atoms with E-state index in [1.807, 2.05) is 6.07 Å². The third-order valence-electron chi connectivity index (χ3n) is 2.61. The van der Waals surface area contributed by atoms with Gasteiger partial charge in [-0.05, 0) is 24.5 Å². The molecule has 15 heavy (non-hydrogen) atoms. The number of aryl methyl sites for hydroxylation is 1. The van der Waals surface area contributed by atoms with Crippen molar-refractivity contribution >= 4 is 11.6 Å². The number of fused-ring (bicyclic) bond motifs is 1. The minimum absolute atomic E-state index is 0.0124. The van der Waals surface area contributed by atoms with E-state index in [0.717, 1.165) is 23.2 Å². The number of aromatic hydroxyl groups is 1. The lowest BCUT2D eigenvalue weighted by atomic mass is 9.97. The van der Waals surface area contributed by atoms with Crippen molar-refractivity contribution in [3.05, 3.63) is 35.9 Å². The van der Waals surface area contributed by atoms with Crippen LogP contribution in [-0.2, 0) is 17.6 Å². The highest BCUT2D eigenvalue weighted by atomic mass is 16.3. The van der Waals surface area contributed by atoms with Gasteiger partial charge in [-0.2, -0.15) is 0 Å². The van der Waals surface area contributed by atoms with E-state index >= 15 is 0 Å². The summed E-state index contributed by atoms with van der Waals surface area (Å²) in [6.07, 6.45) is 3.54. The lowest BCUT2D eigenvalue weighted by Gasteiger charge is -2.20. The van der Waals surface area contributed by atoms with Crippen molar-refractivity contribution < 1.29 is 9.90 Å². The van der Waals surface area contributed by atoms with Crippen molar-refractivity contribution in [2.45, 2.75) is 19.3 Å². The minimum atomic E-state index is 0.0124. The fraction of sp³-hybridized carbons (Fsp3) is 0.250. The van der Waals surface area contributed by atoms with Crippen LogP contribution < -0.4 is 5.32 Å². The molecule has 3 nitrogen and oxygen atoms in total. The van der Waals surface area contributed by atoms with Crippen LogP contribution in [0.25, 0.3) is 0 Å². The Balaban J connectivity index is 2.51. The van der Waals surface area contributed by atoms with Gasteiger partial charge in [0.25, 0.3) is 0 Å². The van der Waals surface area contributed by atoms with Crippen molar-refractivity contribution in [3.63, 3.8) is 0 Å². The van der Waals surface area contributed by atoms with E-state index in [1.165, 1.54) is 0 Å². The summed E-state index contributed by atoms with van der Waals surface area (Å²) < 4.78 is 0. The summed E-state index contributed by atoms with van der Waals surface area (Å²) in [5.74, 6) is 0.231. The molecule has 0 aliphatic carbocycles. The molecule has 2 N–H and O–H groups in total. The van der Waals surface area contributed by atoms with Crippen molar-refractivity contribution in [1.29, 1.82) is 0 Å². The second-order valence-electron chi connectivity index (χ2n) is 3.64. The molecule has 0 aromatic heterocycles. The molecule has 0 saturated heterocycles. The molecule has 0 unspecified atom stereocenters. The third kappa shape index (κ3) is 1.73. The van der Waals surface area contributed by atoms with Crippen molar-refractivity contribution in [2.75, 3.05) is 5.32 Å². The van der Waals surface area contributed by atoms with Gasteiger partial charge in [0.2, 0.25) is 5.91 Å². The molecule has 1 aromatic rings. The first-order valence-corrected chi connectivity index (χ1v) is 4.97. The smallest absolute Gasteiger partial charge is 0.224 e. The Morgan fingerprint density at radius 1 is 1.47 bits per heavy atom. The topological polar surface area (TPSA) is 49.3 Å². The zero-order chi connectivity index (χ0) is 10.8. The van der Waals surface area contributed by atoms with Gasteiger partial charge in [-0.25, -0.2) is 0 Å². The van der Waals surface area contributed by atoms with Gasteiger partial charge in [0.05, 0.1) is 5.69 Å². The molecule has 1 aromatic carbocycles. The number of carbonyl (C=O) groups excluding carboxylic acids is 1. The number of phenols is 1. The van der Waals surface area contributed by atoms with Gasteiger partial charge in [0.15, 0.2) is 0 Å². The highest BCUT2D eigenvalue weighted by molar-refractivity contribution is 5.95. The molecular weight excluding hydrogens is 190 g/mol. The van der Waals surface area contributed by atoms with Gasteiger partial charge in [-0.3, -0.25) is 4.79 Å². The molecule has 0 saturated carbocycles. The Kier molecular flexibility index (Phi) is 2.46. The predicted octanol–water partition coefficient (Wildman–Crippen LogP) is 2.01. The van der Waals surface area contributed by atoms with Gasteiger partial charge in [0.1, 0.15) is 5.75 Å². The summed E-state index contributed by atoms with van der Waals surface area (Å²) >= 11 is 0. The number of anilines is 1. The van der Waals surface area contributed by atoms with Gasteiger partial charge in [0, 0.05) is 12.0 Å². The number of rotatable bonds is 2. The summed E-state index contributed by atoms with van der Waals surface area (Å²) in [5, 5.41) is 12.5. The fourth-order valence-electron chi connectivity index (χ4n) is 1.85. The van der Waals surface area contributed by atoms with Crippen LogP contribution in [0.3, 0.4) is 0 Å². The van der Waals surface area contributed by atoms with Gasteiger partial charge >= 0.3 is 0 Å². The Hall–Kier alpha value is -1.77. The molecule has 78 valence electrons. The van der Waals surface area contributed by atoms with E-state index < -0.39 is 0 Å². The highest BCUT2D eigenvalue weighted by Crippen LogP contribution is 2.33. The van der Waals surface area contributed by atoms with Crippen LogP contribution in [0.1, 0.15) is 17.5 Å². The predicted molar refractivity (Wildman–Crippen MR) is 59.0 cm³/mol. The monoisotopic (exact) mass is 203 g/mol.